The van der Waals surface area contributed by atoms with E-state index < -0.39 is 15.5 Å². The van der Waals surface area contributed by atoms with Gasteiger partial charge in [-0.15, -0.1) is 0 Å². The summed E-state index contributed by atoms with van der Waals surface area (Å²) in [5.41, 5.74) is 0.908. The Hall–Kier alpha value is -0.690. The first-order chi connectivity index (χ1) is 7.78. The number of nitrogens with zero attached hydrogens (tertiary/aromatic N) is 2. The fraction of sp³-hybridized carbons (Fsp3) is 0.600. The average Bonchev–Trinajstić information content (AvgIpc) is 2.26. The Balaban J connectivity index is 3.09. The van der Waals surface area contributed by atoms with Gasteiger partial charge in [0.2, 0.25) is 0 Å². The number of hydrogen-bond donors (Lipinski definition) is 0. The monoisotopic (exact) mass is 322 g/mol. The Morgan fingerprint density at radius 3 is 2.47 bits per heavy atom. The molecule has 0 saturated carbocycles. The molecule has 1 rings (SSSR count). The van der Waals surface area contributed by atoms with Crippen LogP contribution in [0.25, 0.3) is 0 Å². The molecule has 0 saturated heterocycles. The largest absolute Gasteiger partial charge is 0.348 e. The van der Waals surface area contributed by atoms with Crippen molar-refractivity contribution in [2.45, 2.75) is 27.3 Å². The first-order valence-electron chi connectivity index (χ1n) is 5.22. The van der Waals surface area contributed by atoms with Crippen molar-refractivity contribution in [1.82, 2.24) is 9.55 Å². The molecule has 0 atom stereocenters. The number of aromatic nitrogens is 2. The lowest BCUT2D eigenvalue weighted by molar-refractivity contribution is 0.584. The van der Waals surface area contributed by atoms with Crippen molar-refractivity contribution in [1.29, 1.82) is 0 Å². The van der Waals surface area contributed by atoms with Gasteiger partial charge in [-0.1, -0.05) is 6.92 Å². The highest BCUT2D eigenvalue weighted by Crippen LogP contribution is 2.16. The summed E-state index contributed by atoms with van der Waals surface area (Å²) in [6.45, 7) is 5.23. The smallest absolute Gasteiger partial charge is 0.294 e. The van der Waals surface area contributed by atoms with E-state index in [1.54, 1.807) is 20.8 Å². The molecule has 1 aromatic heterocycles. The number of hydrogen-bond acceptors (Lipinski definition) is 4. The van der Waals surface area contributed by atoms with Crippen LogP contribution in [-0.4, -0.2) is 29.5 Å². The van der Waals surface area contributed by atoms with Gasteiger partial charge in [0.1, 0.15) is 0 Å². The maximum Gasteiger partial charge on any atom is 0.348 e. The van der Waals surface area contributed by atoms with Gasteiger partial charge < -0.3 is 0 Å². The Morgan fingerprint density at radius 1 is 1.35 bits per heavy atom. The van der Waals surface area contributed by atoms with Crippen LogP contribution in [0.4, 0.5) is 0 Å². The van der Waals surface area contributed by atoms with Gasteiger partial charge in [0.15, 0.2) is 9.84 Å². The summed E-state index contributed by atoms with van der Waals surface area (Å²) < 4.78 is 24.9. The number of halogens is 1. The van der Waals surface area contributed by atoms with E-state index in [1.807, 2.05) is 0 Å². The fourth-order valence-electron chi connectivity index (χ4n) is 1.41. The second-order valence-electron chi connectivity index (χ2n) is 3.77. The first-order valence-corrected chi connectivity index (χ1v) is 7.84. The second-order valence-corrected chi connectivity index (χ2v) is 7.03. The van der Waals surface area contributed by atoms with E-state index >= 15 is 0 Å². The molecule has 1 aromatic rings. The minimum atomic E-state index is -3.08. The molecule has 0 aliphatic rings. The lowest BCUT2D eigenvalue weighted by atomic mass is 10.3. The van der Waals surface area contributed by atoms with E-state index in [1.165, 1.54) is 4.57 Å². The summed E-state index contributed by atoms with van der Waals surface area (Å²) in [4.78, 5) is 15.5. The molecule has 0 fully saturated rings. The molecule has 96 valence electrons. The third-order valence-corrected chi connectivity index (χ3v) is 5.43. The van der Waals surface area contributed by atoms with Gasteiger partial charge in [0.25, 0.3) is 0 Å². The number of sulfone groups is 1. The van der Waals surface area contributed by atoms with Crippen LogP contribution in [0.15, 0.2) is 9.27 Å². The molecule has 0 aliphatic heterocycles. The van der Waals surface area contributed by atoms with Crippen molar-refractivity contribution in [3.05, 3.63) is 26.3 Å². The van der Waals surface area contributed by atoms with Gasteiger partial charge in [0.05, 0.1) is 15.9 Å². The van der Waals surface area contributed by atoms with Crippen LogP contribution in [0, 0.1) is 13.8 Å². The normalized spacial score (nSPS) is 11.8. The maximum absolute atomic E-state index is 11.7. The molecule has 0 N–H and O–H groups in total. The van der Waals surface area contributed by atoms with E-state index in [0.717, 1.165) is 4.47 Å². The molecule has 1 heterocycles. The lowest BCUT2D eigenvalue weighted by Crippen LogP contribution is -2.29. The van der Waals surface area contributed by atoms with Crippen LogP contribution >= 0.6 is 15.9 Å². The van der Waals surface area contributed by atoms with E-state index in [0.29, 0.717) is 11.4 Å². The zero-order valence-electron chi connectivity index (χ0n) is 10.0. The minimum absolute atomic E-state index is 0.0403. The summed E-state index contributed by atoms with van der Waals surface area (Å²) in [5.74, 6) is 0.0443. The Bertz CT molecular complexity index is 578. The standard InChI is InChI=1S/C10H15BrN2O3S/c1-4-17(15,16)6-5-13-8(3)9(11)7(2)12-10(13)14/h4-6H2,1-3H3. The zero-order chi connectivity index (χ0) is 13.2. The quantitative estimate of drug-likeness (QED) is 0.831. The van der Waals surface area contributed by atoms with Crippen molar-refractivity contribution in [2.24, 2.45) is 0 Å². The fourth-order valence-corrected chi connectivity index (χ4v) is 2.47. The highest BCUT2D eigenvalue weighted by Gasteiger charge is 2.12. The topological polar surface area (TPSA) is 69.0 Å². The Kier molecular flexibility index (Phi) is 4.48. The van der Waals surface area contributed by atoms with Gasteiger partial charge in [-0.3, -0.25) is 4.57 Å². The molecule has 0 amide bonds. The minimum Gasteiger partial charge on any atom is -0.294 e. The first kappa shape index (κ1) is 14.4. The van der Waals surface area contributed by atoms with Crippen molar-refractivity contribution >= 4 is 25.8 Å². The third kappa shape index (κ3) is 3.38. The van der Waals surface area contributed by atoms with E-state index in [2.05, 4.69) is 20.9 Å². The van der Waals surface area contributed by atoms with E-state index in [4.69, 9.17) is 0 Å². The molecule has 0 unspecified atom stereocenters. The van der Waals surface area contributed by atoms with E-state index in [-0.39, 0.29) is 18.1 Å². The highest BCUT2D eigenvalue weighted by molar-refractivity contribution is 9.10. The highest BCUT2D eigenvalue weighted by atomic mass is 79.9. The second kappa shape index (κ2) is 5.30. The molecular formula is C10H15BrN2O3S. The summed E-state index contributed by atoms with van der Waals surface area (Å²) in [5, 5.41) is 0. The van der Waals surface area contributed by atoms with Crippen LogP contribution in [0.5, 0.6) is 0 Å². The van der Waals surface area contributed by atoms with Gasteiger partial charge in [-0.25, -0.2) is 13.2 Å². The Labute approximate surface area is 109 Å². The maximum atomic E-state index is 11.7. The van der Waals surface area contributed by atoms with E-state index in [9.17, 15) is 13.2 Å². The van der Waals surface area contributed by atoms with Gasteiger partial charge in [-0.05, 0) is 29.8 Å². The van der Waals surface area contributed by atoms with Crippen molar-refractivity contribution in [3.63, 3.8) is 0 Å². The Morgan fingerprint density at radius 2 is 1.94 bits per heavy atom. The number of rotatable bonds is 4. The summed E-state index contributed by atoms with van der Waals surface area (Å²) in [6.07, 6.45) is 0. The predicted molar refractivity (Wildman–Crippen MR) is 70.0 cm³/mol. The van der Waals surface area contributed by atoms with Gasteiger partial charge in [-0.2, -0.15) is 4.98 Å². The van der Waals surface area contributed by atoms with Crippen LogP contribution in [0.2, 0.25) is 0 Å². The van der Waals surface area contributed by atoms with Crippen molar-refractivity contribution in [2.75, 3.05) is 11.5 Å². The van der Waals surface area contributed by atoms with Crippen molar-refractivity contribution < 1.29 is 8.42 Å². The SMILES string of the molecule is CCS(=O)(=O)CCn1c(C)c(Br)c(C)nc1=O. The lowest BCUT2D eigenvalue weighted by Gasteiger charge is -2.11. The zero-order valence-corrected chi connectivity index (χ0v) is 12.4. The predicted octanol–water partition coefficient (Wildman–Crippen LogP) is 1.06. The average molecular weight is 323 g/mol. The number of aryl methyl sites for hydroxylation is 1. The van der Waals surface area contributed by atoms with Crippen LogP contribution in [-0.2, 0) is 16.4 Å². The molecule has 7 heteroatoms. The van der Waals surface area contributed by atoms with Crippen LogP contribution in [0.1, 0.15) is 18.3 Å². The van der Waals surface area contributed by atoms with Crippen LogP contribution in [0.3, 0.4) is 0 Å². The van der Waals surface area contributed by atoms with Crippen LogP contribution < -0.4 is 5.69 Å². The molecule has 0 aromatic carbocycles. The summed E-state index contributed by atoms with van der Waals surface area (Å²) in [7, 11) is -3.08. The van der Waals surface area contributed by atoms with Gasteiger partial charge >= 0.3 is 5.69 Å². The molecule has 0 bridgehead atoms. The molecule has 17 heavy (non-hydrogen) atoms. The molecular weight excluding hydrogens is 308 g/mol. The third-order valence-electron chi connectivity index (χ3n) is 2.60. The molecule has 0 aliphatic carbocycles. The molecule has 5 nitrogen and oxygen atoms in total. The summed E-state index contributed by atoms with van der Waals surface area (Å²) in [6, 6.07) is 0. The molecule has 0 radical (unpaired) electrons. The van der Waals surface area contributed by atoms with Crippen molar-refractivity contribution in [3.8, 4) is 0 Å². The molecule has 0 spiro atoms. The summed E-state index contributed by atoms with van der Waals surface area (Å²) >= 11 is 3.33. The van der Waals surface area contributed by atoms with Gasteiger partial charge in [0, 0.05) is 18.0 Å².